The second-order valence-electron chi connectivity index (χ2n) is 4.19. The Kier molecular flexibility index (Phi) is 4.19. The summed E-state index contributed by atoms with van der Waals surface area (Å²) in [5, 5.41) is 19.0. The monoisotopic (exact) mass is 264 g/mol. The maximum atomic E-state index is 11.2. The van der Waals surface area contributed by atoms with Crippen LogP contribution < -0.4 is 0 Å². The molecule has 19 heavy (non-hydrogen) atoms. The van der Waals surface area contributed by atoms with Gasteiger partial charge in [-0.2, -0.15) is 0 Å². The molecular formula is C14H16O5. The maximum Gasteiger partial charge on any atom is 0.306 e. The lowest BCUT2D eigenvalue weighted by Gasteiger charge is -2.01. The number of ether oxygens (including phenoxy) is 1. The predicted octanol–water partition coefficient (Wildman–Crippen LogP) is 1.91. The van der Waals surface area contributed by atoms with Crippen LogP contribution in [0.5, 0.6) is 0 Å². The van der Waals surface area contributed by atoms with Crippen LogP contribution in [0.3, 0.4) is 0 Å². The average Bonchev–Trinajstić information content (AvgIpc) is 2.78. The fourth-order valence-corrected chi connectivity index (χ4v) is 1.86. The topological polar surface area (TPSA) is 79.9 Å². The molecule has 102 valence electrons. The van der Waals surface area contributed by atoms with Gasteiger partial charge in [0.1, 0.15) is 11.3 Å². The molecule has 0 aliphatic heterocycles. The fraction of sp³-hybridized carbons (Fsp3) is 0.357. The molecule has 0 fully saturated rings. The third-order valence-corrected chi connectivity index (χ3v) is 2.77. The molecule has 0 radical (unpaired) electrons. The lowest BCUT2D eigenvalue weighted by Crippen LogP contribution is -2.04. The fourth-order valence-electron chi connectivity index (χ4n) is 1.86. The zero-order chi connectivity index (χ0) is 13.8. The molecule has 5 heteroatoms. The predicted molar refractivity (Wildman–Crippen MR) is 68.3 cm³/mol. The number of hydrogen-bond donors (Lipinski definition) is 2. The Bertz CT molecular complexity index is 570. The minimum absolute atomic E-state index is 0.255. The number of carbonyl (C=O) groups excluding carboxylic acids is 1. The van der Waals surface area contributed by atoms with Crippen LogP contribution in [0.2, 0.25) is 0 Å². The number of hydrogen-bond acceptors (Lipinski definition) is 5. The van der Waals surface area contributed by atoms with E-state index in [1.54, 1.807) is 31.2 Å². The SMILES string of the molecule is CCOC(=O)CCc1cc2cc(C(O)O)ccc2o1. The van der Waals surface area contributed by atoms with E-state index in [1.165, 1.54) is 0 Å². The molecule has 5 nitrogen and oxygen atoms in total. The van der Waals surface area contributed by atoms with E-state index >= 15 is 0 Å². The summed E-state index contributed by atoms with van der Waals surface area (Å²) < 4.78 is 10.4. The number of furan rings is 1. The van der Waals surface area contributed by atoms with Crippen LogP contribution in [-0.4, -0.2) is 22.8 Å². The van der Waals surface area contributed by atoms with Crippen LogP contribution in [0.4, 0.5) is 0 Å². The van der Waals surface area contributed by atoms with Gasteiger partial charge in [0.2, 0.25) is 0 Å². The minimum Gasteiger partial charge on any atom is -0.466 e. The Morgan fingerprint density at radius 3 is 2.84 bits per heavy atom. The molecule has 2 N–H and O–H groups in total. The van der Waals surface area contributed by atoms with Gasteiger partial charge in [0.15, 0.2) is 6.29 Å². The summed E-state index contributed by atoms with van der Waals surface area (Å²) in [4.78, 5) is 11.2. The lowest BCUT2D eigenvalue weighted by molar-refractivity contribution is -0.143. The van der Waals surface area contributed by atoms with E-state index in [9.17, 15) is 4.79 Å². The molecule has 1 heterocycles. The van der Waals surface area contributed by atoms with Crippen molar-refractivity contribution in [1.29, 1.82) is 0 Å². The number of benzene rings is 1. The Balaban J connectivity index is 2.11. The number of aliphatic hydroxyl groups excluding tert-OH is 1. The van der Waals surface area contributed by atoms with E-state index in [4.69, 9.17) is 19.4 Å². The number of fused-ring (bicyclic) bond motifs is 1. The highest BCUT2D eigenvalue weighted by atomic mass is 16.5. The third-order valence-electron chi connectivity index (χ3n) is 2.77. The number of aliphatic hydroxyl groups is 2. The van der Waals surface area contributed by atoms with Gasteiger partial charge in [0.25, 0.3) is 0 Å². The number of carbonyl (C=O) groups is 1. The third kappa shape index (κ3) is 3.33. The van der Waals surface area contributed by atoms with Gasteiger partial charge in [-0.25, -0.2) is 0 Å². The molecule has 0 bridgehead atoms. The van der Waals surface area contributed by atoms with Crippen molar-refractivity contribution in [2.24, 2.45) is 0 Å². The van der Waals surface area contributed by atoms with Crippen LogP contribution in [0.15, 0.2) is 28.7 Å². The molecule has 0 aliphatic carbocycles. The highest BCUT2D eigenvalue weighted by molar-refractivity contribution is 5.79. The largest absolute Gasteiger partial charge is 0.466 e. The van der Waals surface area contributed by atoms with Gasteiger partial charge in [0.05, 0.1) is 13.0 Å². The van der Waals surface area contributed by atoms with Crippen LogP contribution in [0.1, 0.15) is 31.0 Å². The van der Waals surface area contributed by atoms with E-state index in [2.05, 4.69) is 0 Å². The highest BCUT2D eigenvalue weighted by Gasteiger charge is 2.09. The van der Waals surface area contributed by atoms with Gasteiger partial charge >= 0.3 is 5.97 Å². The standard InChI is InChI=1S/C14H16O5/c1-2-18-13(15)6-4-11-8-10-7-9(14(16)17)3-5-12(10)19-11/h3,5,7-8,14,16-17H,2,4,6H2,1H3. The molecule has 0 saturated heterocycles. The Morgan fingerprint density at radius 2 is 2.16 bits per heavy atom. The van der Waals surface area contributed by atoms with Crippen molar-refractivity contribution in [3.8, 4) is 0 Å². The molecule has 0 aliphatic rings. The molecule has 1 aromatic carbocycles. The Hall–Kier alpha value is -1.85. The summed E-state index contributed by atoms with van der Waals surface area (Å²) in [7, 11) is 0. The van der Waals surface area contributed by atoms with Gasteiger partial charge in [-0.15, -0.1) is 0 Å². The first-order chi connectivity index (χ1) is 9.10. The van der Waals surface area contributed by atoms with Gasteiger partial charge < -0.3 is 19.4 Å². The lowest BCUT2D eigenvalue weighted by atomic mass is 10.1. The van der Waals surface area contributed by atoms with Crippen molar-refractivity contribution in [3.63, 3.8) is 0 Å². The molecule has 0 unspecified atom stereocenters. The van der Waals surface area contributed by atoms with Crippen molar-refractivity contribution in [2.45, 2.75) is 26.1 Å². The van der Waals surface area contributed by atoms with E-state index in [1.807, 2.05) is 0 Å². The minimum atomic E-state index is -1.50. The van der Waals surface area contributed by atoms with Crippen LogP contribution in [0, 0.1) is 0 Å². The molecule has 0 saturated carbocycles. The summed E-state index contributed by atoms with van der Waals surface area (Å²) in [6.07, 6.45) is -0.768. The maximum absolute atomic E-state index is 11.2. The second kappa shape index (κ2) is 5.86. The summed E-state index contributed by atoms with van der Waals surface area (Å²) >= 11 is 0. The zero-order valence-electron chi connectivity index (χ0n) is 10.6. The van der Waals surface area contributed by atoms with Gasteiger partial charge in [0, 0.05) is 17.4 Å². The summed E-state index contributed by atoms with van der Waals surface area (Å²) in [6, 6.07) is 6.71. The Morgan fingerprint density at radius 1 is 1.37 bits per heavy atom. The van der Waals surface area contributed by atoms with Crippen molar-refractivity contribution >= 4 is 16.9 Å². The Labute approximate surface area is 110 Å². The number of aryl methyl sites for hydroxylation is 1. The van der Waals surface area contributed by atoms with Crippen LogP contribution in [0.25, 0.3) is 11.0 Å². The average molecular weight is 264 g/mol. The van der Waals surface area contributed by atoms with Crippen molar-refractivity contribution in [1.82, 2.24) is 0 Å². The van der Waals surface area contributed by atoms with E-state index in [-0.39, 0.29) is 12.4 Å². The number of esters is 1. The zero-order valence-corrected chi connectivity index (χ0v) is 10.6. The molecule has 2 aromatic rings. The van der Waals surface area contributed by atoms with Crippen molar-refractivity contribution < 1.29 is 24.2 Å². The number of rotatable bonds is 5. The first-order valence-electron chi connectivity index (χ1n) is 6.14. The van der Waals surface area contributed by atoms with Crippen molar-refractivity contribution in [2.75, 3.05) is 6.61 Å². The van der Waals surface area contributed by atoms with Gasteiger partial charge in [-0.3, -0.25) is 4.79 Å². The molecule has 1 aromatic heterocycles. The smallest absolute Gasteiger partial charge is 0.306 e. The molecule has 0 spiro atoms. The highest BCUT2D eigenvalue weighted by Crippen LogP contribution is 2.23. The molecule has 2 rings (SSSR count). The van der Waals surface area contributed by atoms with Crippen LogP contribution >= 0.6 is 0 Å². The molecule has 0 amide bonds. The second-order valence-corrected chi connectivity index (χ2v) is 4.19. The molecule has 0 atom stereocenters. The quantitative estimate of drug-likeness (QED) is 0.637. The van der Waals surface area contributed by atoms with E-state index in [0.29, 0.717) is 29.9 Å². The van der Waals surface area contributed by atoms with Gasteiger partial charge in [-0.1, -0.05) is 6.07 Å². The molecular weight excluding hydrogens is 248 g/mol. The summed E-state index contributed by atoms with van der Waals surface area (Å²) in [5.41, 5.74) is 1.06. The van der Waals surface area contributed by atoms with Gasteiger partial charge in [-0.05, 0) is 25.1 Å². The summed E-state index contributed by atoms with van der Waals surface area (Å²) in [6.45, 7) is 2.14. The first-order valence-corrected chi connectivity index (χ1v) is 6.14. The summed E-state index contributed by atoms with van der Waals surface area (Å²) in [5.74, 6) is 0.419. The van der Waals surface area contributed by atoms with Crippen LogP contribution in [-0.2, 0) is 16.0 Å². The van der Waals surface area contributed by atoms with E-state index in [0.717, 1.165) is 5.39 Å². The normalized spacial score (nSPS) is 11.2. The van der Waals surface area contributed by atoms with Crippen molar-refractivity contribution in [3.05, 3.63) is 35.6 Å². The first kappa shape index (κ1) is 13.6. The van der Waals surface area contributed by atoms with E-state index < -0.39 is 6.29 Å².